The molecule has 1 aliphatic heterocycles. The van der Waals surface area contributed by atoms with Crippen molar-refractivity contribution in [3.8, 4) is 5.75 Å². The van der Waals surface area contributed by atoms with E-state index in [0.717, 1.165) is 42.9 Å². The van der Waals surface area contributed by atoms with Gasteiger partial charge in [0, 0.05) is 44.8 Å². The number of carbonyl (C=O) groups excluding carboxylic acids is 2. The number of rotatable bonds is 9. The van der Waals surface area contributed by atoms with Gasteiger partial charge in [-0.25, -0.2) is 4.79 Å². The standard InChI is InChI=1S/C25H34N4O3/c1-3-5-14-26-24(30)21-12-10-20(11-13-21)19-27-25(31)29-17-15-28(16-18-29)22-8-6-7-9-23(22)32-4-2/h6-13H,3-5,14-19H2,1-2H3,(H,26,30)(H,27,31). The van der Waals surface area contributed by atoms with Gasteiger partial charge in [-0.15, -0.1) is 0 Å². The topological polar surface area (TPSA) is 73.9 Å². The molecule has 7 heteroatoms. The lowest BCUT2D eigenvalue weighted by Crippen LogP contribution is -2.51. The van der Waals surface area contributed by atoms with Crippen LogP contribution in [0.2, 0.25) is 0 Å². The molecule has 172 valence electrons. The highest BCUT2D eigenvalue weighted by Crippen LogP contribution is 2.28. The minimum atomic E-state index is -0.0656. The number of unbranched alkanes of at least 4 members (excludes halogenated alkanes) is 1. The van der Waals surface area contributed by atoms with Gasteiger partial charge in [0.1, 0.15) is 5.75 Å². The zero-order chi connectivity index (χ0) is 22.8. The number of hydrogen-bond donors (Lipinski definition) is 2. The molecule has 1 fully saturated rings. The molecule has 2 N–H and O–H groups in total. The van der Waals surface area contributed by atoms with Crippen LogP contribution in [0.15, 0.2) is 48.5 Å². The molecule has 3 rings (SSSR count). The highest BCUT2D eigenvalue weighted by Gasteiger charge is 2.22. The molecule has 1 saturated heterocycles. The fourth-order valence-electron chi connectivity index (χ4n) is 3.69. The van der Waals surface area contributed by atoms with Gasteiger partial charge < -0.3 is 25.2 Å². The van der Waals surface area contributed by atoms with Crippen LogP contribution in [-0.4, -0.2) is 56.2 Å². The summed E-state index contributed by atoms with van der Waals surface area (Å²) >= 11 is 0. The predicted octanol–water partition coefficient (Wildman–Crippen LogP) is 3.65. The molecular formula is C25H34N4O3. The molecule has 3 amide bonds. The first-order valence-corrected chi connectivity index (χ1v) is 11.5. The van der Waals surface area contributed by atoms with Gasteiger partial charge in [0.05, 0.1) is 12.3 Å². The van der Waals surface area contributed by atoms with Crippen molar-refractivity contribution in [2.75, 3.05) is 44.2 Å². The number of hydrogen-bond acceptors (Lipinski definition) is 4. The van der Waals surface area contributed by atoms with Crippen molar-refractivity contribution in [2.24, 2.45) is 0 Å². The third-order valence-electron chi connectivity index (χ3n) is 5.55. The van der Waals surface area contributed by atoms with Crippen LogP contribution >= 0.6 is 0 Å². The SMILES string of the molecule is CCCCNC(=O)c1ccc(CNC(=O)N2CCN(c3ccccc3OCC)CC2)cc1. The van der Waals surface area contributed by atoms with Crippen molar-refractivity contribution < 1.29 is 14.3 Å². The number of urea groups is 1. The van der Waals surface area contributed by atoms with Crippen LogP contribution < -0.4 is 20.3 Å². The number of para-hydroxylation sites is 2. The molecule has 0 spiro atoms. The molecule has 32 heavy (non-hydrogen) atoms. The van der Waals surface area contributed by atoms with Crippen LogP contribution in [0.3, 0.4) is 0 Å². The number of nitrogens with zero attached hydrogens (tertiary/aromatic N) is 2. The first kappa shape index (κ1) is 23.4. The van der Waals surface area contributed by atoms with E-state index >= 15 is 0 Å². The van der Waals surface area contributed by atoms with Crippen molar-refractivity contribution in [3.63, 3.8) is 0 Å². The number of piperazine rings is 1. The van der Waals surface area contributed by atoms with E-state index < -0.39 is 0 Å². The summed E-state index contributed by atoms with van der Waals surface area (Å²) in [4.78, 5) is 28.8. The second-order valence-corrected chi connectivity index (χ2v) is 7.84. The lowest BCUT2D eigenvalue weighted by Gasteiger charge is -2.36. The Morgan fingerprint density at radius 2 is 1.66 bits per heavy atom. The maximum absolute atomic E-state index is 12.6. The Labute approximate surface area is 190 Å². The molecule has 0 atom stereocenters. The highest BCUT2D eigenvalue weighted by molar-refractivity contribution is 5.94. The second-order valence-electron chi connectivity index (χ2n) is 7.84. The predicted molar refractivity (Wildman–Crippen MR) is 127 cm³/mol. The second kappa shape index (κ2) is 12.0. The summed E-state index contributed by atoms with van der Waals surface area (Å²) in [7, 11) is 0. The van der Waals surface area contributed by atoms with Crippen LogP contribution in [0.4, 0.5) is 10.5 Å². The van der Waals surface area contributed by atoms with Gasteiger partial charge in [-0.2, -0.15) is 0 Å². The molecule has 2 aromatic carbocycles. The molecule has 2 aromatic rings. The summed E-state index contributed by atoms with van der Waals surface area (Å²) in [6, 6.07) is 15.3. The summed E-state index contributed by atoms with van der Waals surface area (Å²) in [5, 5.41) is 5.90. The zero-order valence-electron chi connectivity index (χ0n) is 19.1. The molecule has 0 radical (unpaired) electrons. The molecule has 1 heterocycles. The van der Waals surface area contributed by atoms with E-state index in [0.29, 0.717) is 38.3 Å². The summed E-state index contributed by atoms with van der Waals surface area (Å²) in [5.41, 5.74) is 2.68. The lowest BCUT2D eigenvalue weighted by atomic mass is 10.1. The Morgan fingerprint density at radius 1 is 0.938 bits per heavy atom. The normalized spacial score (nSPS) is 13.6. The van der Waals surface area contributed by atoms with Gasteiger partial charge in [0.15, 0.2) is 0 Å². The summed E-state index contributed by atoms with van der Waals surface area (Å²) in [6.45, 7) is 8.67. The molecule has 0 aromatic heterocycles. The monoisotopic (exact) mass is 438 g/mol. The van der Waals surface area contributed by atoms with E-state index in [4.69, 9.17) is 4.74 Å². The van der Waals surface area contributed by atoms with Gasteiger partial charge in [-0.05, 0) is 43.2 Å². The maximum atomic E-state index is 12.6. The Balaban J connectivity index is 1.45. The minimum Gasteiger partial charge on any atom is -0.492 e. The third-order valence-corrected chi connectivity index (χ3v) is 5.55. The molecule has 0 bridgehead atoms. The van der Waals surface area contributed by atoms with Crippen molar-refractivity contribution in [3.05, 3.63) is 59.7 Å². The number of amides is 3. The van der Waals surface area contributed by atoms with Gasteiger partial charge in [-0.1, -0.05) is 37.6 Å². The molecule has 0 unspecified atom stereocenters. The Hall–Kier alpha value is -3.22. The van der Waals surface area contributed by atoms with Crippen molar-refractivity contribution in [1.29, 1.82) is 0 Å². The summed E-state index contributed by atoms with van der Waals surface area (Å²) in [6.07, 6.45) is 2.03. The van der Waals surface area contributed by atoms with Crippen molar-refractivity contribution in [1.82, 2.24) is 15.5 Å². The fraction of sp³-hybridized carbons (Fsp3) is 0.440. The average molecular weight is 439 g/mol. The van der Waals surface area contributed by atoms with Crippen molar-refractivity contribution in [2.45, 2.75) is 33.2 Å². The van der Waals surface area contributed by atoms with Crippen molar-refractivity contribution >= 4 is 17.6 Å². The first-order valence-electron chi connectivity index (χ1n) is 11.5. The van der Waals surface area contributed by atoms with Crippen LogP contribution in [0.25, 0.3) is 0 Å². The van der Waals surface area contributed by atoms with Crippen LogP contribution in [0.1, 0.15) is 42.6 Å². The number of nitrogens with one attached hydrogen (secondary N) is 2. The van der Waals surface area contributed by atoms with Gasteiger partial charge in [0.2, 0.25) is 0 Å². The fourth-order valence-corrected chi connectivity index (χ4v) is 3.69. The summed E-state index contributed by atoms with van der Waals surface area (Å²) in [5.74, 6) is 0.827. The average Bonchev–Trinajstić information content (AvgIpc) is 2.83. The molecule has 0 saturated carbocycles. The number of ether oxygens (including phenoxy) is 1. The van der Waals surface area contributed by atoms with Crippen LogP contribution in [0, 0.1) is 0 Å². The van der Waals surface area contributed by atoms with E-state index in [1.165, 1.54) is 0 Å². The highest BCUT2D eigenvalue weighted by atomic mass is 16.5. The molecule has 1 aliphatic rings. The van der Waals surface area contributed by atoms with E-state index in [9.17, 15) is 9.59 Å². The third kappa shape index (κ3) is 6.39. The number of benzene rings is 2. The number of anilines is 1. The van der Waals surface area contributed by atoms with Gasteiger partial charge >= 0.3 is 6.03 Å². The van der Waals surface area contributed by atoms with Crippen LogP contribution in [0.5, 0.6) is 5.75 Å². The maximum Gasteiger partial charge on any atom is 0.317 e. The molecule has 7 nitrogen and oxygen atoms in total. The quantitative estimate of drug-likeness (QED) is 0.586. The largest absolute Gasteiger partial charge is 0.492 e. The summed E-state index contributed by atoms with van der Waals surface area (Å²) < 4.78 is 5.74. The Morgan fingerprint density at radius 3 is 2.34 bits per heavy atom. The van der Waals surface area contributed by atoms with E-state index in [1.54, 1.807) is 12.1 Å². The molecule has 0 aliphatic carbocycles. The number of carbonyl (C=O) groups is 2. The minimum absolute atomic E-state index is 0.0576. The smallest absolute Gasteiger partial charge is 0.317 e. The Kier molecular flexibility index (Phi) is 8.78. The van der Waals surface area contributed by atoms with E-state index in [2.05, 4.69) is 28.5 Å². The van der Waals surface area contributed by atoms with E-state index in [-0.39, 0.29) is 11.9 Å². The Bertz CT molecular complexity index is 877. The van der Waals surface area contributed by atoms with Crippen LogP contribution in [-0.2, 0) is 6.54 Å². The molecular weight excluding hydrogens is 404 g/mol. The lowest BCUT2D eigenvalue weighted by molar-refractivity contribution is 0.0953. The van der Waals surface area contributed by atoms with E-state index in [1.807, 2.05) is 42.2 Å². The van der Waals surface area contributed by atoms with Gasteiger partial charge in [0.25, 0.3) is 5.91 Å². The first-order chi connectivity index (χ1) is 15.6. The zero-order valence-corrected chi connectivity index (χ0v) is 19.1. The van der Waals surface area contributed by atoms with Gasteiger partial charge in [-0.3, -0.25) is 4.79 Å².